The van der Waals surface area contributed by atoms with Crippen molar-refractivity contribution in [1.82, 2.24) is 0 Å². The Morgan fingerprint density at radius 2 is 1.95 bits per heavy atom. The van der Waals surface area contributed by atoms with Gasteiger partial charge in [-0.25, -0.2) is 0 Å². The number of aliphatic hydroxyl groups excluding tert-OH is 1. The van der Waals surface area contributed by atoms with Crippen LogP contribution in [0.4, 0.5) is 0 Å². The maximum Gasteiger partial charge on any atom is 0.125 e. The molecule has 1 heterocycles. The molecule has 0 bridgehead atoms. The van der Waals surface area contributed by atoms with E-state index in [1.165, 1.54) is 49.7 Å². The standard InChI is InChI=1S/C17H23BrO2/c18-15-9-13-7-8-20-17(13)14(10-15)11-16(19)12-5-3-1-2-4-6-12/h9-10,12,16,19H,1-8,11H2. The molecule has 1 N–H and O–H groups in total. The summed E-state index contributed by atoms with van der Waals surface area (Å²) in [4.78, 5) is 0. The molecule has 2 nitrogen and oxygen atoms in total. The molecule has 0 spiro atoms. The van der Waals surface area contributed by atoms with Gasteiger partial charge in [-0.05, 0) is 42.0 Å². The van der Waals surface area contributed by atoms with Crippen molar-refractivity contribution in [3.63, 3.8) is 0 Å². The van der Waals surface area contributed by atoms with Gasteiger partial charge in [-0.2, -0.15) is 0 Å². The molecular formula is C17H23BrO2. The highest BCUT2D eigenvalue weighted by atomic mass is 79.9. The van der Waals surface area contributed by atoms with E-state index in [9.17, 15) is 5.11 Å². The Hall–Kier alpha value is -0.540. The molecule has 1 atom stereocenters. The van der Waals surface area contributed by atoms with Crippen LogP contribution in [0, 0.1) is 5.92 Å². The lowest BCUT2D eigenvalue weighted by molar-refractivity contribution is 0.0979. The van der Waals surface area contributed by atoms with Gasteiger partial charge in [-0.1, -0.05) is 41.6 Å². The Balaban J connectivity index is 1.73. The lowest BCUT2D eigenvalue weighted by Crippen LogP contribution is -2.22. The second kappa shape index (κ2) is 6.48. The minimum atomic E-state index is -0.226. The molecular weight excluding hydrogens is 316 g/mol. The van der Waals surface area contributed by atoms with Crippen molar-refractivity contribution in [2.24, 2.45) is 5.92 Å². The number of rotatable bonds is 3. The molecule has 0 aromatic heterocycles. The van der Waals surface area contributed by atoms with Gasteiger partial charge in [0, 0.05) is 17.3 Å². The van der Waals surface area contributed by atoms with Crippen molar-refractivity contribution >= 4 is 15.9 Å². The van der Waals surface area contributed by atoms with Crippen molar-refractivity contribution < 1.29 is 9.84 Å². The zero-order valence-corrected chi connectivity index (χ0v) is 13.5. The first kappa shape index (κ1) is 14.4. The van der Waals surface area contributed by atoms with E-state index in [1.807, 2.05) is 0 Å². The lowest BCUT2D eigenvalue weighted by atomic mass is 9.89. The molecule has 3 rings (SSSR count). The van der Waals surface area contributed by atoms with Gasteiger partial charge in [0.15, 0.2) is 0 Å². The summed E-state index contributed by atoms with van der Waals surface area (Å²) in [5, 5.41) is 10.6. The smallest absolute Gasteiger partial charge is 0.125 e. The van der Waals surface area contributed by atoms with Crippen LogP contribution in [-0.2, 0) is 12.8 Å². The first-order chi connectivity index (χ1) is 9.74. The van der Waals surface area contributed by atoms with Crippen molar-refractivity contribution in [3.05, 3.63) is 27.7 Å². The summed E-state index contributed by atoms with van der Waals surface area (Å²) in [5.41, 5.74) is 2.45. The average molecular weight is 339 g/mol. The van der Waals surface area contributed by atoms with Crippen LogP contribution < -0.4 is 4.74 Å². The highest BCUT2D eigenvalue weighted by Crippen LogP contribution is 2.35. The molecule has 2 aliphatic rings. The fourth-order valence-corrected chi connectivity index (χ4v) is 4.14. The van der Waals surface area contributed by atoms with Gasteiger partial charge < -0.3 is 9.84 Å². The summed E-state index contributed by atoms with van der Waals surface area (Å²) in [6, 6.07) is 4.26. The molecule has 1 aliphatic carbocycles. The van der Waals surface area contributed by atoms with Crippen molar-refractivity contribution in [3.8, 4) is 5.75 Å². The maximum absolute atomic E-state index is 10.6. The highest BCUT2D eigenvalue weighted by Gasteiger charge is 2.24. The number of fused-ring (bicyclic) bond motifs is 1. The second-order valence-electron chi connectivity index (χ2n) is 6.17. The van der Waals surface area contributed by atoms with E-state index in [-0.39, 0.29) is 6.10 Å². The number of hydrogen-bond acceptors (Lipinski definition) is 2. The first-order valence-corrected chi connectivity index (χ1v) is 8.65. The van der Waals surface area contributed by atoms with Crippen LogP contribution in [0.25, 0.3) is 0 Å². The van der Waals surface area contributed by atoms with E-state index in [1.54, 1.807) is 0 Å². The Morgan fingerprint density at radius 3 is 2.70 bits per heavy atom. The van der Waals surface area contributed by atoms with Crippen molar-refractivity contribution in [1.29, 1.82) is 0 Å². The first-order valence-electron chi connectivity index (χ1n) is 7.86. The molecule has 0 radical (unpaired) electrons. The van der Waals surface area contributed by atoms with E-state index in [0.29, 0.717) is 5.92 Å². The lowest BCUT2D eigenvalue weighted by Gasteiger charge is -2.22. The third kappa shape index (κ3) is 3.20. The quantitative estimate of drug-likeness (QED) is 0.834. The SMILES string of the molecule is OC(Cc1cc(Br)cc2c1OCC2)C1CCCCCC1. The Bertz CT molecular complexity index is 464. The van der Waals surface area contributed by atoms with Crippen LogP contribution in [0.15, 0.2) is 16.6 Å². The molecule has 1 aliphatic heterocycles. The molecule has 20 heavy (non-hydrogen) atoms. The predicted octanol–water partition coefficient (Wildman–Crippen LogP) is 4.26. The minimum Gasteiger partial charge on any atom is -0.493 e. The summed E-state index contributed by atoms with van der Waals surface area (Å²) in [6.45, 7) is 0.776. The third-order valence-electron chi connectivity index (χ3n) is 4.70. The normalized spacial score (nSPS) is 21.1. The summed E-state index contributed by atoms with van der Waals surface area (Å²) >= 11 is 3.58. The summed E-state index contributed by atoms with van der Waals surface area (Å²) < 4.78 is 6.87. The Labute approximate surface area is 129 Å². The number of hydrogen-bond donors (Lipinski definition) is 1. The van der Waals surface area contributed by atoms with Gasteiger partial charge in [-0.15, -0.1) is 0 Å². The van der Waals surface area contributed by atoms with Gasteiger partial charge in [0.1, 0.15) is 5.75 Å². The van der Waals surface area contributed by atoms with Crippen molar-refractivity contribution in [2.45, 2.75) is 57.5 Å². The largest absolute Gasteiger partial charge is 0.493 e. The Morgan fingerprint density at radius 1 is 1.20 bits per heavy atom. The van der Waals surface area contributed by atoms with Crippen LogP contribution in [0.3, 0.4) is 0 Å². The molecule has 1 saturated carbocycles. The van der Waals surface area contributed by atoms with E-state index < -0.39 is 0 Å². The van der Waals surface area contributed by atoms with Crippen LogP contribution in [0.1, 0.15) is 49.7 Å². The van der Waals surface area contributed by atoms with E-state index in [2.05, 4.69) is 28.1 Å². The summed E-state index contributed by atoms with van der Waals surface area (Å²) in [7, 11) is 0. The van der Waals surface area contributed by atoms with Crippen molar-refractivity contribution in [2.75, 3.05) is 6.61 Å². The minimum absolute atomic E-state index is 0.226. The number of ether oxygens (including phenoxy) is 1. The van der Waals surface area contributed by atoms with Gasteiger partial charge in [0.05, 0.1) is 12.7 Å². The van der Waals surface area contributed by atoms with E-state index in [4.69, 9.17) is 4.74 Å². The molecule has 0 amide bonds. The molecule has 1 aromatic carbocycles. The van der Waals surface area contributed by atoms with Crippen LogP contribution in [-0.4, -0.2) is 17.8 Å². The van der Waals surface area contributed by atoms with Crippen LogP contribution in [0.2, 0.25) is 0 Å². The van der Waals surface area contributed by atoms with Crippen LogP contribution >= 0.6 is 15.9 Å². The molecule has 3 heteroatoms. The van der Waals surface area contributed by atoms with Gasteiger partial charge >= 0.3 is 0 Å². The monoisotopic (exact) mass is 338 g/mol. The number of benzene rings is 1. The summed E-state index contributed by atoms with van der Waals surface area (Å²) in [6.07, 6.45) is 9.06. The van der Waals surface area contributed by atoms with Crippen LogP contribution in [0.5, 0.6) is 5.75 Å². The molecule has 110 valence electrons. The Kier molecular flexibility index (Phi) is 4.67. The highest BCUT2D eigenvalue weighted by molar-refractivity contribution is 9.10. The second-order valence-corrected chi connectivity index (χ2v) is 7.09. The molecule has 1 unspecified atom stereocenters. The predicted molar refractivity (Wildman–Crippen MR) is 84.2 cm³/mol. The third-order valence-corrected chi connectivity index (χ3v) is 5.16. The van der Waals surface area contributed by atoms with Gasteiger partial charge in [-0.3, -0.25) is 0 Å². The fourth-order valence-electron chi connectivity index (χ4n) is 3.59. The molecule has 1 aromatic rings. The zero-order valence-electron chi connectivity index (χ0n) is 11.9. The van der Waals surface area contributed by atoms with Gasteiger partial charge in [0.25, 0.3) is 0 Å². The summed E-state index contributed by atoms with van der Waals surface area (Å²) in [5.74, 6) is 1.49. The molecule has 0 saturated heterocycles. The number of aliphatic hydroxyl groups is 1. The van der Waals surface area contributed by atoms with Gasteiger partial charge in [0.2, 0.25) is 0 Å². The van der Waals surface area contributed by atoms with E-state index >= 15 is 0 Å². The number of halogens is 1. The topological polar surface area (TPSA) is 29.5 Å². The maximum atomic E-state index is 10.6. The fraction of sp³-hybridized carbons (Fsp3) is 0.647. The van der Waals surface area contributed by atoms with E-state index in [0.717, 1.165) is 29.7 Å². The average Bonchev–Trinajstić information content (AvgIpc) is 2.72. The zero-order chi connectivity index (χ0) is 13.9. The molecule has 1 fully saturated rings.